The van der Waals surface area contributed by atoms with Crippen molar-refractivity contribution in [3.8, 4) is 0 Å². The highest BCUT2D eigenvalue weighted by Gasteiger charge is 2.17. The van der Waals surface area contributed by atoms with Crippen LogP contribution in [0.2, 0.25) is 0 Å². The number of carbonyl (C=O) groups excluding carboxylic acids is 1. The molecule has 1 aliphatic heterocycles. The molecule has 2 rings (SSSR count). The average molecular weight is 254 g/mol. The Kier molecular flexibility index (Phi) is 4.25. The Morgan fingerprint density at radius 1 is 1.44 bits per heavy atom. The molecule has 5 heteroatoms. The molecule has 1 unspecified atom stereocenters. The Morgan fingerprint density at radius 2 is 2.28 bits per heavy atom. The lowest BCUT2D eigenvalue weighted by Gasteiger charge is -2.09. The zero-order valence-electron chi connectivity index (χ0n) is 10.0. The molecule has 0 aliphatic carbocycles. The topological polar surface area (TPSA) is 41.1 Å². The summed E-state index contributed by atoms with van der Waals surface area (Å²) in [6.45, 7) is 2.46. The SMILES string of the molecule is O=C(NCCC1CCNC1)c1cccc(F)c1F. The zero-order chi connectivity index (χ0) is 13.0. The van der Waals surface area contributed by atoms with Gasteiger partial charge in [0.25, 0.3) is 5.91 Å². The first-order valence-electron chi connectivity index (χ1n) is 6.11. The van der Waals surface area contributed by atoms with Gasteiger partial charge < -0.3 is 10.6 Å². The molecule has 0 spiro atoms. The summed E-state index contributed by atoms with van der Waals surface area (Å²) >= 11 is 0. The molecule has 3 nitrogen and oxygen atoms in total. The third kappa shape index (κ3) is 3.04. The molecular formula is C13H16F2N2O. The number of nitrogens with one attached hydrogen (secondary N) is 2. The molecule has 2 N–H and O–H groups in total. The third-order valence-electron chi connectivity index (χ3n) is 3.20. The fraction of sp³-hybridized carbons (Fsp3) is 0.462. The van der Waals surface area contributed by atoms with Crippen LogP contribution in [0.3, 0.4) is 0 Å². The van der Waals surface area contributed by atoms with Gasteiger partial charge >= 0.3 is 0 Å². The van der Waals surface area contributed by atoms with Crippen molar-refractivity contribution in [3.63, 3.8) is 0 Å². The lowest BCUT2D eigenvalue weighted by atomic mass is 10.1. The van der Waals surface area contributed by atoms with Crippen molar-refractivity contribution in [2.75, 3.05) is 19.6 Å². The van der Waals surface area contributed by atoms with E-state index in [0.29, 0.717) is 12.5 Å². The average Bonchev–Trinajstić information content (AvgIpc) is 2.85. The maximum atomic E-state index is 13.3. The Bertz CT molecular complexity index is 431. The van der Waals surface area contributed by atoms with Crippen molar-refractivity contribution < 1.29 is 13.6 Å². The van der Waals surface area contributed by atoms with E-state index in [2.05, 4.69) is 10.6 Å². The van der Waals surface area contributed by atoms with Crippen LogP contribution in [0.4, 0.5) is 8.78 Å². The number of rotatable bonds is 4. The van der Waals surface area contributed by atoms with Crippen molar-refractivity contribution >= 4 is 5.91 Å². The Labute approximate surface area is 105 Å². The second-order valence-electron chi connectivity index (χ2n) is 4.50. The van der Waals surface area contributed by atoms with Gasteiger partial charge in [-0.3, -0.25) is 4.79 Å². The van der Waals surface area contributed by atoms with Gasteiger partial charge in [0.15, 0.2) is 11.6 Å². The highest BCUT2D eigenvalue weighted by Crippen LogP contribution is 2.13. The van der Waals surface area contributed by atoms with E-state index < -0.39 is 17.5 Å². The fourth-order valence-corrected chi connectivity index (χ4v) is 2.13. The van der Waals surface area contributed by atoms with Gasteiger partial charge in [0.2, 0.25) is 0 Å². The highest BCUT2D eigenvalue weighted by atomic mass is 19.2. The van der Waals surface area contributed by atoms with E-state index in [-0.39, 0.29) is 5.56 Å². The largest absolute Gasteiger partial charge is 0.352 e. The molecule has 1 saturated heterocycles. The first-order valence-corrected chi connectivity index (χ1v) is 6.11. The Balaban J connectivity index is 1.85. The van der Waals surface area contributed by atoms with E-state index >= 15 is 0 Å². The summed E-state index contributed by atoms with van der Waals surface area (Å²) in [5.74, 6) is -2.08. The maximum Gasteiger partial charge on any atom is 0.254 e. The van der Waals surface area contributed by atoms with Crippen molar-refractivity contribution in [2.24, 2.45) is 5.92 Å². The third-order valence-corrected chi connectivity index (χ3v) is 3.20. The number of carbonyl (C=O) groups is 1. The minimum absolute atomic E-state index is 0.237. The fourth-order valence-electron chi connectivity index (χ4n) is 2.13. The molecular weight excluding hydrogens is 238 g/mol. The van der Waals surface area contributed by atoms with Gasteiger partial charge in [-0.2, -0.15) is 0 Å². The molecule has 0 saturated carbocycles. The van der Waals surface area contributed by atoms with Crippen LogP contribution >= 0.6 is 0 Å². The van der Waals surface area contributed by atoms with Crippen LogP contribution in [0, 0.1) is 17.6 Å². The predicted octanol–water partition coefficient (Wildman–Crippen LogP) is 1.69. The van der Waals surface area contributed by atoms with Gasteiger partial charge in [0.1, 0.15) is 0 Å². The summed E-state index contributed by atoms with van der Waals surface area (Å²) < 4.78 is 26.3. The van der Waals surface area contributed by atoms with Crippen LogP contribution in [0.25, 0.3) is 0 Å². The predicted molar refractivity (Wildman–Crippen MR) is 64.3 cm³/mol. The zero-order valence-corrected chi connectivity index (χ0v) is 10.0. The van der Waals surface area contributed by atoms with Crippen LogP contribution in [0.15, 0.2) is 18.2 Å². The Hall–Kier alpha value is -1.49. The number of amides is 1. The molecule has 1 aromatic carbocycles. The smallest absolute Gasteiger partial charge is 0.254 e. The molecule has 0 aromatic heterocycles. The molecule has 1 heterocycles. The summed E-state index contributed by atoms with van der Waals surface area (Å²) in [6.07, 6.45) is 1.96. The van der Waals surface area contributed by atoms with Gasteiger partial charge in [0, 0.05) is 6.54 Å². The molecule has 18 heavy (non-hydrogen) atoms. The number of hydrogen-bond acceptors (Lipinski definition) is 2. The molecule has 98 valence electrons. The van der Waals surface area contributed by atoms with Gasteiger partial charge in [-0.25, -0.2) is 8.78 Å². The normalized spacial score (nSPS) is 18.9. The lowest BCUT2D eigenvalue weighted by Crippen LogP contribution is -2.27. The van der Waals surface area contributed by atoms with E-state index in [1.807, 2.05) is 0 Å². The highest BCUT2D eigenvalue weighted by molar-refractivity contribution is 5.94. The van der Waals surface area contributed by atoms with Gasteiger partial charge in [-0.05, 0) is 44.0 Å². The molecule has 1 amide bonds. The molecule has 1 atom stereocenters. The number of hydrogen-bond donors (Lipinski definition) is 2. The van der Waals surface area contributed by atoms with Crippen LogP contribution in [0.1, 0.15) is 23.2 Å². The summed E-state index contributed by atoms with van der Waals surface area (Å²) in [5, 5.41) is 5.86. The minimum Gasteiger partial charge on any atom is -0.352 e. The number of benzene rings is 1. The van der Waals surface area contributed by atoms with Crippen molar-refractivity contribution in [3.05, 3.63) is 35.4 Å². The molecule has 1 aromatic rings. The van der Waals surface area contributed by atoms with Crippen LogP contribution in [0.5, 0.6) is 0 Å². The van der Waals surface area contributed by atoms with Crippen molar-refractivity contribution in [2.45, 2.75) is 12.8 Å². The Morgan fingerprint density at radius 3 is 3.00 bits per heavy atom. The summed E-state index contributed by atoms with van der Waals surface area (Å²) in [6, 6.07) is 3.61. The number of halogens is 2. The molecule has 1 aliphatic rings. The van der Waals surface area contributed by atoms with Crippen molar-refractivity contribution in [1.82, 2.24) is 10.6 Å². The minimum atomic E-state index is -1.09. The second kappa shape index (κ2) is 5.91. The van der Waals surface area contributed by atoms with E-state index in [1.165, 1.54) is 12.1 Å². The van der Waals surface area contributed by atoms with Crippen LogP contribution in [-0.2, 0) is 0 Å². The standard InChI is InChI=1S/C13H16F2N2O/c14-11-3-1-2-10(12(11)15)13(18)17-7-5-9-4-6-16-8-9/h1-3,9,16H,4-8H2,(H,17,18). The summed E-state index contributed by atoms with van der Waals surface area (Å²) in [4.78, 5) is 11.7. The van der Waals surface area contributed by atoms with Crippen LogP contribution in [-0.4, -0.2) is 25.5 Å². The second-order valence-corrected chi connectivity index (χ2v) is 4.50. The first kappa shape index (κ1) is 13.0. The summed E-state index contributed by atoms with van der Waals surface area (Å²) in [7, 11) is 0. The van der Waals surface area contributed by atoms with E-state index in [1.54, 1.807) is 0 Å². The monoisotopic (exact) mass is 254 g/mol. The van der Waals surface area contributed by atoms with Gasteiger partial charge in [-0.1, -0.05) is 6.07 Å². The first-order chi connectivity index (χ1) is 8.68. The van der Waals surface area contributed by atoms with Gasteiger partial charge in [-0.15, -0.1) is 0 Å². The molecule has 1 fully saturated rings. The maximum absolute atomic E-state index is 13.3. The molecule has 0 radical (unpaired) electrons. The quantitative estimate of drug-likeness (QED) is 0.858. The van der Waals surface area contributed by atoms with Crippen LogP contribution < -0.4 is 10.6 Å². The summed E-state index contributed by atoms with van der Waals surface area (Å²) in [5.41, 5.74) is -0.237. The van der Waals surface area contributed by atoms with E-state index in [4.69, 9.17) is 0 Å². The van der Waals surface area contributed by atoms with E-state index in [9.17, 15) is 13.6 Å². The van der Waals surface area contributed by atoms with E-state index in [0.717, 1.165) is 32.0 Å². The van der Waals surface area contributed by atoms with Crippen molar-refractivity contribution in [1.29, 1.82) is 0 Å². The lowest BCUT2D eigenvalue weighted by molar-refractivity contribution is 0.0946. The van der Waals surface area contributed by atoms with Gasteiger partial charge in [0.05, 0.1) is 5.56 Å². The molecule has 0 bridgehead atoms.